The van der Waals surface area contributed by atoms with Crippen LogP contribution in [0.3, 0.4) is 0 Å². The molecule has 0 spiro atoms. The van der Waals surface area contributed by atoms with Crippen molar-refractivity contribution in [1.82, 2.24) is 20.3 Å². The van der Waals surface area contributed by atoms with Gasteiger partial charge < -0.3 is 14.2 Å². The third-order valence-corrected chi connectivity index (χ3v) is 5.40. The van der Waals surface area contributed by atoms with Gasteiger partial charge in [0.2, 0.25) is 5.91 Å². The van der Waals surface area contributed by atoms with Gasteiger partial charge in [-0.25, -0.2) is 9.07 Å². The SMILES string of the molecule is O=C(NCc1ccco1)[C@H](c1ccco1)N(C(=O)Cn1nnc2ccccc21)c1cccc(F)c1. The molecule has 0 fully saturated rings. The number of hydrogen-bond donors (Lipinski definition) is 1. The van der Waals surface area contributed by atoms with Crippen LogP contribution in [0, 0.1) is 5.82 Å². The van der Waals surface area contributed by atoms with Crippen LogP contribution in [0.2, 0.25) is 0 Å². The molecule has 0 aliphatic carbocycles. The van der Waals surface area contributed by atoms with E-state index >= 15 is 0 Å². The van der Waals surface area contributed by atoms with Crippen molar-refractivity contribution in [3.63, 3.8) is 0 Å². The highest BCUT2D eigenvalue weighted by Crippen LogP contribution is 2.29. The average molecular weight is 473 g/mol. The fraction of sp³-hybridized carbons (Fsp3) is 0.120. The number of carbonyl (C=O) groups excluding carboxylic acids is 2. The average Bonchev–Trinajstić information content (AvgIpc) is 3.64. The minimum Gasteiger partial charge on any atom is -0.467 e. The molecule has 35 heavy (non-hydrogen) atoms. The lowest BCUT2D eigenvalue weighted by Crippen LogP contribution is -2.45. The second-order valence-electron chi connectivity index (χ2n) is 7.69. The van der Waals surface area contributed by atoms with Gasteiger partial charge in [-0.1, -0.05) is 23.4 Å². The number of fused-ring (bicyclic) bond motifs is 1. The number of halogens is 1. The van der Waals surface area contributed by atoms with Gasteiger partial charge in [-0.3, -0.25) is 14.5 Å². The summed E-state index contributed by atoms with van der Waals surface area (Å²) in [5, 5.41) is 10.9. The Morgan fingerprint density at radius 3 is 2.60 bits per heavy atom. The minimum absolute atomic E-state index is 0.0991. The Morgan fingerprint density at radius 2 is 1.83 bits per heavy atom. The van der Waals surface area contributed by atoms with Gasteiger partial charge in [-0.05, 0) is 54.6 Å². The summed E-state index contributed by atoms with van der Waals surface area (Å²) in [4.78, 5) is 28.3. The van der Waals surface area contributed by atoms with Crippen molar-refractivity contribution in [2.75, 3.05) is 4.90 Å². The lowest BCUT2D eigenvalue weighted by Gasteiger charge is -2.30. The van der Waals surface area contributed by atoms with Crippen LogP contribution in [0.25, 0.3) is 11.0 Å². The molecule has 2 amide bonds. The highest BCUT2D eigenvalue weighted by Gasteiger charge is 2.35. The molecular formula is C25H20FN5O4. The molecule has 0 unspecified atom stereocenters. The Morgan fingerprint density at radius 1 is 1.00 bits per heavy atom. The van der Waals surface area contributed by atoms with Crippen molar-refractivity contribution < 1.29 is 22.8 Å². The largest absolute Gasteiger partial charge is 0.467 e. The van der Waals surface area contributed by atoms with Gasteiger partial charge in [0.15, 0.2) is 6.04 Å². The predicted molar refractivity (Wildman–Crippen MR) is 123 cm³/mol. The quantitative estimate of drug-likeness (QED) is 0.367. The Bertz CT molecular complexity index is 1450. The third kappa shape index (κ3) is 4.67. The van der Waals surface area contributed by atoms with Crippen LogP contribution in [0.4, 0.5) is 10.1 Å². The summed E-state index contributed by atoms with van der Waals surface area (Å²) in [5.74, 6) is -0.851. The van der Waals surface area contributed by atoms with E-state index in [1.54, 1.807) is 42.5 Å². The molecule has 2 aromatic carbocycles. The smallest absolute Gasteiger partial charge is 0.251 e. The van der Waals surface area contributed by atoms with Crippen molar-refractivity contribution in [2.24, 2.45) is 0 Å². The Hall–Kier alpha value is -4.73. The molecule has 9 nitrogen and oxygen atoms in total. The van der Waals surface area contributed by atoms with Gasteiger partial charge >= 0.3 is 0 Å². The number of aromatic nitrogens is 3. The number of para-hydroxylation sites is 1. The van der Waals surface area contributed by atoms with E-state index in [4.69, 9.17) is 8.83 Å². The highest BCUT2D eigenvalue weighted by atomic mass is 19.1. The topological polar surface area (TPSA) is 106 Å². The molecule has 3 aromatic heterocycles. The van der Waals surface area contributed by atoms with Crippen molar-refractivity contribution >= 4 is 28.5 Å². The van der Waals surface area contributed by atoms with Crippen molar-refractivity contribution in [3.8, 4) is 0 Å². The molecule has 0 saturated carbocycles. The van der Waals surface area contributed by atoms with Gasteiger partial charge in [-0.15, -0.1) is 5.10 Å². The fourth-order valence-electron chi connectivity index (χ4n) is 3.81. The molecule has 10 heteroatoms. The molecule has 0 bridgehead atoms. The molecule has 1 atom stereocenters. The summed E-state index contributed by atoms with van der Waals surface area (Å²) < 4.78 is 26.5. The maximum atomic E-state index is 14.2. The monoisotopic (exact) mass is 473 g/mol. The summed E-state index contributed by atoms with van der Waals surface area (Å²) in [6.45, 7) is -0.137. The van der Waals surface area contributed by atoms with Crippen molar-refractivity contribution in [2.45, 2.75) is 19.1 Å². The summed E-state index contributed by atoms with van der Waals surface area (Å²) in [6.07, 6.45) is 2.90. The first-order valence-electron chi connectivity index (χ1n) is 10.8. The maximum absolute atomic E-state index is 14.2. The number of furan rings is 2. The molecular weight excluding hydrogens is 453 g/mol. The Kier molecular flexibility index (Phi) is 6.08. The first kappa shape index (κ1) is 22.1. The molecule has 0 aliphatic heterocycles. The standard InChI is InChI=1S/C25H20FN5O4/c26-17-6-3-7-18(14-17)31(23(32)16-30-21-10-2-1-9-20(21)28-29-30)24(22-11-5-13-35-22)25(33)27-15-19-8-4-12-34-19/h1-14,24H,15-16H2,(H,27,33)/t24-/m0/s1. The van der Waals surface area contributed by atoms with Gasteiger partial charge in [0.05, 0.1) is 24.6 Å². The van der Waals surface area contributed by atoms with Crippen LogP contribution < -0.4 is 10.2 Å². The zero-order chi connectivity index (χ0) is 24.2. The number of hydrogen-bond acceptors (Lipinski definition) is 6. The van der Waals surface area contributed by atoms with E-state index in [0.717, 1.165) is 0 Å². The molecule has 5 rings (SSSR count). The third-order valence-electron chi connectivity index (χ3n) is 5.40. The van der Waals surface area contributed by atoms with E-state index in [2.05, 4.69) is 15.6 Å². The van der Waals surface area contributed by atoms with Crippen LogP contribution in [0.1, 0.15) is 17.6 Å². The van der Waals surface area contributed by atoms with Gasteiger partial charge in [0.25, 0.3) is 5.91 Å². The van der Waals surface area contributed by atoms with E-state index in [9.17, 15) is 14.0 Å². The lowest BCUT2D eigenvalue weighted by molar-refractivity contribution is -0.127. The number of nitrogens with zero attached hydrogens (tertiary/aromatic N) is 4. The molecule has 0 saturated heterocycles. The van der Waals surface area contributed by atoms with Gasteiger partial charge in [0, 0.05) is 5.69 Å². The summed E-state index contributed by atoms with van der Waals surface area (Å²) in [7, 11) is 0. The number of rotatable bonds is 8. The van der Waals surface area contributed by atoms with Crippen LogP contribution in [-0.2, 0) is 22.7 Å². The van der Waals surface area contributed by atoms with Gasteiger partial charge in [-0.2, -0.15) is 0 Å². The summed E-state index contributed by atoms with van der Waals surface area (Å²) in [6, 6.07) is 18.1. The molecule has 3 heterocycles. The van der Waals surface area contributed by atoms with E-state index in [-0.39, 0.29) is 24.5 Å². The molecule has 0 radical (unpaired) electrons. The number of carbonyl (C=O) groups is 2. The van der Waals surface area contributed by atoms with Crippen LogP contribution in [0.15, 0.2) is 94.2 Å². The van der Waals surface area contributed by atoms with Crippen LogP contribution >= 0.6 is 0 Å². The van der Waals surface area contributed by atoms with Crippen molar-refractivity contribution in [3.05, 3.63) is 103 Å². The zero-order valence-corrected chi connectivity index (χ0v) is 18.4. The molecule has 1 N–H and O–H groups in total. The van der Waals surface area contributed by atoms with E-state index in [1.807, 2.05) is 12.1 Å². The van der Waals surface area contributed by atoms with E-state index in [1.165, 1.54) is 40.3 Å². The number of anilines is 1. The highest BCUT2D eigenvalue weighted by molar-refractivity contribution is 6.01. The summed E-state index contributed by atoms with van der Waals surface area (Å²) >= 11 is 0. The normalized spacial score (nSPS) is 11.9. The summed E-state index contributed by atoms with van der Waals surface area (Å²) in [5.41, 5.74) is 1.46. The fourth-order valence-corrected chi connectivity index (χ4v) is 3.81. The molecule has 5 aromatic rings. The maximum Gasteiger partial charge on any atom is 0.251 e. The predicted octanol–water partition coefficient (Wildman–Crippen LogP) is 3.85. The first-order chi connectivity index (χ1) is 17.1. The van der Waals surface area contributed by atoms with Crippen molar-refractivity contribution in [1.29, 1.82) is 0 Å². The van der Waals surface area contributed by atoms with Gasteiger partial charge in [0.1, 0.15) is 29.4 Å². The molecule has 176 valence electrons. The number of amides is 2. The van der Waals surface area contributed by atoms with E-state index in [0.29, 0.717) is 16.8 Å². The first-order valence-corrected chi connectivity index (χ1v) is 10.8. The van der Waals surface area contributed by atoms with Crippen LogP contribution in [0.5, 0.6) is 0 Å². The Balaban J connectivity index is 1.52. The second kappa shape index (κ2) is 9.64. The minimum atomic E-state index is -1.22. The molecule has 0 aliphatic rings. The van der Waals surface area contributed by atoms with E-state index < -0.39 is 23.7 Å². The second-order valence-corrected chi connectivity index (χ2v) is 7.69. The lowest BCUT2D eigenvalue weighted by atomic mass is 10.1. The van der Waals surface area contributed by atoms with Crippen LogP contribution in [-0.4, -0.2) is 26.8 Å². The zero-order valence-electron chi connectivity index (χ0n) is 18.4. The number of benzene rings is 2. The Labute approximate surface area is 198 Å². The number of nitrogens with one attached hydrogen (secondary N) is 1.